The van der Waals surface area contributed by atoms with E-state index in [0.717, 1.165) is 30.9 Å². The Morgan fingerprint density at radius 3 is 2.59 bits per heavy atom. The van der Waals surface area contributed by atoms with Gasteiger partial charge in [-0.25, -0.2) is 0 Å². The molecule has 0 fully saturated rings. The van der Waals surface area contributed by atoms with Gasteiger partial charge in [-0.1, -0.05) is 6.92 Å². The molecule has 0 saturated heterocycles. The standard InChI is InChI=1S/C13H20N3O/c1-4-9-16(5-2)12-8-7-11(15-14)10-13(12)17-6-3/h7-8,10H,4-6,9H2,1-3H3/q+1. The Labute approximate surface area is 103 Å². The van der Waals surface area contributed by atoms with Gasteiger partial charge in [-0.3, -0.25) is 0 Å². The van der Waals surface area contributed by atoms with Crippen molar-refractivity contribution in [2.45, 2.75) is 27.2 Å². The van der Waals surface area contributed by atoms with Gasteiger partial charge in [-0.15, -0.1) is 0 Å². The number of nitrogens with zero attached hydrogens (tertiary/aromatic N) is 3. The zero-order valence-electron chi connectivity index (χ0n) is 10.8. The summed E-state index contributed by atoms with van der Waals surface area (Å²) >= 11 is 0. The molecule has 0 unspecified atom stereocenters. The molecule has 0 N–H and O–H groups in total. The quantitative estimate of drug-likeness (QED) is 0.703. The van der Waals surface area contributed by atoms with Crippen LogP contribution in [0.2, 0.25) is 0 Å². The summed E-state index contributed by atoms with van der Waals surface area (Å²) in [4.78, 5) is 5.44. The first-order valence-electron chi connectivity index (χ1n) is 6.13. The summed E-state index contributed by atoms with van der Waals surface area (Å²) in [5.74, 6) is 0.776. The van der Waals surface area contributed by atoms with E-state index in [0.29, 0.717) is 12.3 Å². The lowest BCUT2D eigenvalue weighted by Crippen LogP contribution is -2.24. The lowest BCUT2D eigenvalue weighted by molar-refractivity contribution is 0.340. The van der Waals surface area contributed by atoms with E-state index in [-0.39, 0.29) is 0 Å². The van der Waals surface area contributed by atoms with Crippen LogP contribution in [0.25, 0.3) is 4.98 Å². The number of hydrogen-bond donors (Lipinski definition) is 0. The third-order valence-corrected chi connectivity index (χ3v) is 2.57. The van der Waals surface area contributed by atoms with Crippen molar-refractivity contribution in [3.8, 4) is 5.75 Å². The highest BCUT2D eigenvalue weighted by molar-refractivity contribution is 5.65. The molecule has 0 aromatic heterocycles. The lowest BCUT2D eigenvalue weighted by Gasteiger charge is -2.24. The molecule has 1 aromatic carbocycles. The second-order valence-electron chi connectivity index (χ2n) is 3.76. The fourth-order valence-electron chi connectivity index (χ4n) is 1.82. The molecule has 1 aromatic rings. The summed E-state index contributed by atoms with van der Waals surface area (Å²) < 4.78 is 5.60. The van der Waals surface area contributed by atoms with Crippen molar-refractivity contribution >= 4 is 11.4 Å². The maximum Gasteiger partial charge on any atom is 0.388 e. The highest BCUT2D eigenvalue weighted by Gasteiger charge is 2.15. The molecule has 0 aliphatic heterocycles. The Kier molecular flexibility index (Phi) is 5.28. The minimum absolute atomic E-state index is 0.518. The van der Waals surface area contributed by atoms with Crippen LogP contribution in [0, 0.1) is 5.39 Å². The third-order valence-electron chi connectivity index (χ3n) is 2.57. The van der Waals surface area contributed by atoms with Gasteiger partial charge in [0.05, 0.1) is 18.4 Å². The molecule has 4 nitrogen and oxygen atoms in total. The van der Waals surface area contributed by atoms with Gasteiger partial charge in [-0.2, -0.15) is 0 Å². The van der Waals surface area contributed by atoms with Gasteiger partial charge < -0.3 is 9.64 Å². The van der Waals surface area contributed by atoms with E-state index in [1.165, 1.54) is 0 Å². The van der Waals surface area contributed by atoms with E-state index in [1.54, 1.807) is 12.1 Å². The number of diazo groups is 1. The molecular formula is C13H20N3O+. The SMILES string of the molecule is CCCN(CC)c1ccc([N+]#N)cc1OCC. The van der Waals surface area contributed by atoms with Gasteiger partial charge >= 0.3 is 5.69 Å². The van der Waals surface area contributed by atoms with Gasteiger partial charge in [0, 0.05) is 19.2 Å². The van der Waals surface area contributed by atoms with E-state index in [2.05, 4.69) is 23.7 Å². The van der Waals surface area contributed by atoms with Crippen molar-refractivity contribution in [2.75, 3.05) is 24.6 Å². The maximum absolute atomic E-state index is 8.78. The van der Waals surface area contributed by atoms with Crippen LogP contribution in [0.3, 0.4) is 0 Å². The van der Waals surface area contributed by atoms with Crippen molar-refractivity contribution in [1.29, 1.82) is 5.39 Å². The van der Waals surface area contributed by atoms with Crippen LogP contribution in [-0.4, -0.2) is 19.7 Å². The smallest absolute Gasteiger partial charge is 0.388 e. The van der Waals surface area contributed by atoms with Crippen molar-refractivity contribution in [3.63, 3.8) is 0 Å². The Bertz CT molecular complexity index is 398. The fourth-order valence-corrected chi connectivity index (χ4v) is 1.82. The zero-order valence-corrected chi connectivity index (χ0v) is 10.8. The molecular weight excluding hydrogens is 214 g/mol. The molecule has 4 heteroatoms. The van der Waals surface area contributed by atoms with Crippen molar-refractivity contribution in [3.05, 3.63) is 23.2 Å². The first-order chi connectivity index (χ1) is 8.26. The molecule has 0 bridgehead atoms. The third kappa shape index (κ3) is 3.35. The zero-order chi connectivity index (χ0) is 12.7. The van der Waals surface area contributed by atoms with Crippen LogP contribution >= 0.6 is 0 Å². The van der Waals surface area contributed by atoms with Crippen molar-refractivity contribution in [1.82, 2.24) is 0 Å². The summed E-state index contributed by atoms with van der Waals surface area (Å²) in [6.07, 6.45) is 1.09. The van der Waals surface area contributed by atoms with E-state index in [4.69, 9.17) is 10.1 Å². The van der Waals surface area contributed by atoms with Gasteiger partial charge in [0.25, 0.3) is 0 Å². The molecule has 0 saturated carbocycles. The number of anilines is 1. The van der Waals surface area contributed by atoms with E-state index in [1.807, 2.05) is 13.0 Å². The lowest BCUT2D eigenvalue weighted by atomic mass is 10.2. The molecule has 1 rings (SSSR count). The predicted octanol–water partition coefficient (Wildman–Crippen LogP) is 3.81. The first-order valence-corrected chi connectivity index (χ1v) is 6.13. The highest BCUT2D eigenvalue weighted by atomic mass is 16.5. The Balaban J connectivity index is 3.08. The van der Waals surface area contributed by atoms with E-state index >= 15 is 0 Å². The summed E-state index contributed by atoms with van der Waals surface area (Å²) in [7, 11) is 0. The molecule has 0 heterocycles. The first kappa shape index (κ1) is 13.3. The Hall–Kier alpha value is -1.76. The molecule has 92 valence electrons. The van der Waals surface area contributed by atoms with E-state index < -0.39 is 0 Å². The van der Waals surface area contributed by atoms with Crippen molar-refractivity contribution < 1.29 is 4.74 Å². The normalized spacial score (nSPS) is 9.76. The highest BCUT2D eigenvalue weighted by Crippen LogP contribution is 2.32. The molecule has 0 aliphatic rings. The predicted molar refractivity (Wildman–Crippen MR) is 70.5 cm³/mol. The van der Waals surface area contributed by atoms with Gasteiger partial charge in [0.2, 0.25) is 5.39 Å². The second kappa shape index (κ2) is 6.74. The summed E-state index contributed by atoms with van der Waals surface area (Å²) in [6, 6.07) is 5.49. The molecule has 0 amide bonds. The molecule has 0 aliphatic carbocycles. The van der Waals surface area contributed by atoms with Gasteiger partial charge in [0.1, 0.15) is 0 Å². The molecule has 0 atom stereocenters. The number of ether oxygens (including phenoxy) is 1. The topological polar surface area (TPSA) is 40.6 Å². The van der Waals surface area contributed by atoms with Crippen LogP contribution < -0.4 is 9.64 Å². The maximum atomic E-state index is 8.78. The average Bonchev–Trinajstić information content (AvgIpc) is 2.36. The Morgan fingerprint density at radius 1 is 1.29 bits per heavy atom. The van der Waals surface area contributed by atoms with E-state index in [9.17, 15) is 0 Å². The number of benzene rings is 1. The summed E-state index contributed by atoms with van der Waals surface area (Å²) in [6.45, 7) is 8.75. The van der Waals surface area contributed by atoms with Crippen LogP contribution in [0.1, 0.15) is 27.2 Å². The van der Waals surface area contributed by atoms with Crippen LogP contribution in [-0.2, 0) is 0 Å². The Morgan fingerprint density at radius 2 is 2.06 bits per heavy atom. The summed E-state index contributed by atoms with van der Waals surface area (Å²) in [5, 5.41) is 8.78. The molecule has 0 radical (unpaired) electrons. The van der Waals surface area contributed by atoms with Crippen LogP contribution in [0.4, 0.5) is 11.4 Å². The fraction of sp³-hybridized carbons (Fsp3) is 0.538. The van der Waals surface area contributed by atoms with Crippen LogP contribution in [0.5, 0.6) is 5.75 Å². The number of hydrogen-bond acceptors (Lipinski definition) is 3. The summed E-state index contributed by atoms with van der Waals surface area (Å²) in [5.41, 5.74) is 1.58. The molecule has 0 spiro atoms. The second-order valence-corrected chi connectivity index (χ2v) is 3.76. The van der Waals surface area contributed by atoms with Gasteiger partial charge in [-0.05, 0) is 26.3 Å². The molecule has 17 heavy (non-hydrogen) atoms. The minimum atomic E-state index is 0.518. The minimum Gasteiger partial charge on any atom is -0.491 e. The largest absolute Gasteiger partial charge is 0.491 e. The number of rotatable bonds is 6. The van der Waals surface area contributed by atoms with Crippen LogP contribution in [0.15, 0.2) is 18.2 Å². The van der Waals surface area contributed by atoms with Gasteiger partial charge in [0.15, 0.2) is 10.7 Å². The average molecular weight is 234 g/mol. The van der Waals surface area contributed by atoms with Crippen molar-refractivity contribution in [2.24, 2.45) is 0 Å². The monoisotopic (exact) mass is 234 g/mol.